The molecule has 2 rings (SSSR count). The van der Waals surface area contributed by atoms with Crippen LogP contribution >= 0.6 is 0 Å². The molecule has 0 spiro atoms. The Balaban J connectivity index is 2.20. The van der Waals surface area contributed by atoms with E-state index in [1.165, 1.54) is 0 Å². The van der Waals surface area contributed by atoms with Crippen LogP contribution < -0.4 is 0 Å². The molecule has 0 aliphatic rings. The van der Waals surface area contributed by atoms with Gasteiger partial charge in [0.2, 0.25) is 0 Å². The molecule has 0 amide bonds. The zero-order valence-corrected chi connectivity index (χ0v) is 10.2. The summed E-state index contributed by atoms with van der Waals surface area (Å²) < 4.78 is 1.71. The molecule has 0 bridgehead atoms. The molecule has 2 aromatic rings. The van der Waals surface area contributed by atoms with E-state index >= 15 is 0 Å². The summed E-state index contributed by atoms with van der Waals surface area (Å²) in [6.07, 6.45) is 3.04. The molecule has 3 nitrogen and oxygen atoms in total. The highest BCUT2D eigenvalue weighted by Gasteiger charge is 2.14. The van der Waals surface area contributed by atoms with E-state index in [2.05, 4.69) is 5.10 Å². The lowest BCUT2D eigenvalue weighted by Crippen LogP contribution is -2.05. The van der Waals surface area contributed by atoms with Gasteiger partial charge >= 0.3 is 0 Å². The van der Waals surface area contributed by atoms with E-state index in [4.69, 9.17) is 0 Å². The second-order valence-corrected chi connectivity index (χ2v) is 4.10. The first-order valence-corrected chi connectivity index (χ1v) is 5.80. The van der Waals surface area contributed by atoms with Crippen molar-refractivity contribution in [3.8, 4) is 0 Å². The molecule has 17 heavy (non-hydrogen) atoms. The molecule has 0 atom stereocenters. The number of rotatable bonds is 4. The summed E-state index contributed by atoms with van der Waals surface area (Å²) in [5.41, 5.74) is 2.68. The normalized spacial score (nSPS) is 10.5. The third-order valence-electron chi connectivity index (χ3n) is 2.75. The molecule has 0 N–H and O–H groups in total. The standard InChI is InChI=1S/C14H16N2O/c1-3-13-12(10-16(2)15-13)14(17)9-11-7-5-4-6-8-11/h4-8,10H,3,9H2,1-2H3. The Hall–Kier alpha value is -1.90. The van der Waals surface area contributed by atoms with Crippen molar-refractivity contribution in [2.75, 3.05) is 0 Å². The summed E-state index contributed by atoms with van der Waals surface area (Å²) >= 11 is 0. The van der Waals surface area contributed by atoms with Crippen LogP contribution in [0.25, 0.3) is 0 Å². The van der Waals surface area contributed by atoms with Crippen LogP contribution in [-0.4, -0.2) is 15.6 Å². The molecule has 0 unspecified atom stereocenters. The Morgan fingerprint density at radius 2 is 2.00 bits per heavy atom. The van der Waals surface area contributed by atoms with Crippen LogP contribution in [0.4, 0.5) is 0 Å². The highest BCUT2D eigenvalue weighted by Crippen LogP contribution is 2.11. The second kappa shape index (κ2) is 4.95. The summed E-state index contributed by atoms with van der Waals surface area (Å²) in [4.78, 5) is 12.2. The van der Waals surface area contributed by atoms with Gasteiger partial charge in [0, 0.05) is 19.7 Å². The summed E-state index contributed by atoms with van der Waals surface area (Å²) in [7, 11) is 1.85. The van der Waals surface area contributed by atoms with Crippen LogP contribution in [0, 0.1) is 0 Å². The minimum Gasteiger partial charge on any atom is -0.294 e. The van der Waals surface area contributed by atoms with Crippen molar-refractivity contribution in [3.05, 3.63) is 53.3 Å². The average molecular weight is 228 g/mol. The highest BCUT2D eigenvalue weighted by molar-refractivity contribution is 5.98. The van der Waals surface area contributed by atoms with Crippen LogP contribution in [-0.2, 0) is 19.9 Å². The van der Waals surface area contributed by atoms with Crippen molar-refractivity contribution >= 4 is 5.78 Å². The number of ketones is 1. The molecular formula is C14H16N2O. The maximum Gasteiger partial charge on any atom is 0.170 e. The predicted molar refractivity (Wildman–Crippen MR) is 67.1 cm³/mol. The van der Waals surface area contributed by atoms with Gasteiger partial charge in [-0.15, -0.1) is 0 Å². The molecule has 0 radical (unpaired) electrons. The lowest BCUT2D eigenvalue weighted by molar-refractivity contribution is 0.0992. The van der Waals surface area contributed by atoms with Crippen LogP contribution in [0.15, 0.2) is 36.5 Å². The van der Waals surface area contributed by atoms with E-state index in [1.807, 2.05) is 50.5 Å². The van der Waals surface area contributed by atoms with Gasteiger partial charge in [-0.2, -0.15) is 5.10 Å². The van der Waals surface area contributed by atoms with Crippen LogP contribution in [0.5, 0.6) is 0 Å². The molecule has 1 heterocycles. The molecule has 0 aliphatic heterocycles. The van der Waals surface area contributed by atoms with E-state index in [9.17, 15) is 4.79 Å². The van der Waals surface area contributed by atoms with Crippen molar-refractivity contribution < 1.29 is 4.79 Å². The van der Waals surface area contributed by atoms with E-state index in [0.717, 1.165) is 23.2 Å². The molecular weight excluding hydrogens is 212 g/mol. The van der Waals surface area contributed by atoms with E-state index < -0.39 is 0 Å². The Kier molecular flexibility index (Phi) is 3.38. The fourth-order valence-electron chi connectivity index (χ4n) is 1.91. The molecule has 0 saturated carbocycles. The van der Waals surface area contributed by atoms with Gasteiger partial charge in [0.15, 0.2) is 5.78 Å². The van der Waals surface area contributed by atoms with Gasteiger partial charge in [-0.1, -0.05) is 37.3 Å². The zero-order chi connectivity index (χ0) is 12.3. The fourth-order valence-corrected chi connectivity index (χ4v) is 1.91. The third kappa shape index (κ3) is 2.61. The number of nitrogens with zero attached hydrogens (tertiary/aromatic N) is 2. The fraction of sp³-hybridized carbons (Fsp3) is 0.286. The number of hydrogen-bond acceptors (Lipinski definition) is 2. The Morgan fingerprint density at radius 1 is 1.29 bits per heavy atom. The lowest BCUT2D eigenvalue weighted by Gasteiger charge is -2.00. The van der Waals surface area contributed by atoms with Gasteiger partial charge in [0.1, 0.15) is 0 Å². The predicted octanol–water partition coefficient (Wildman–Crippen LogP) is 2.41. The van der Waals surface area contributed by atoms with E-state index in [1.54, 1.807) is 4.68 Å². The average Bonchev–Trinajstić information content (AvgIpc) is 2.72. The topological polar surface area (TPSA) is 34.9 Å². The number of benzene rings is 1. The molecule has 88 valence electrons. The minimum absolute atomic E-state index is 0.140. The van der Waals surface area contributed by atoms with Gasteiger partial charge in [0.05, 0.1) is 11.3 Å². The summed E-state index contributed by atoms with van der Waals surface area (Å²) in [6.45, 7) is 2.02. The van der Waals surface area contributed by atoms with Gasteiger partial charge in [-0.25, -0.2) is 0 Å². The number of carbonyl (C=O) groups excluding carboxylic acids is 1. The van der Waals surface area contributed by atoms with Crippen molar-refractivity contribution in [3.63, 3.8) is 0 Å². The SMILES string of the molecule is CCc1nn(C)cc1C(=O)Cc1ccccc1. The van der Waals surface area contributed by atoms with Gasteiger partial charge in [0.25, 0.3) is 0 Å². The van der Waals surface area contributed by atoms with Crippen molar-refractivity contribution in [2.45, 2.75) is 19.8 Å². The summed E-state index contributed by atoms with van der Waals surface area (Å²) in [6, 6.07) is 9.80. The number of aromatic nitrogens is 2. The van der Waals surface area contributed by atoms with Gasteiger partial charge in [-0.05, 0) is 12.0 Å². The van der Waals surface area contributed by atoms with Crippen LogP contribution in [0.2, 0.25) is 0 Å². The quantitative estimate of drug-likeness (QED) is 0.753. The first-order valence-electron chi connectivity index (χ1n) is 5.80. The first kappa shape index (κ1) is 11.6. The molecule has 0 fully saturated rings. The smallest absolute Gasteiger partial charge is 0.170 e. The summed E-state index contributed by atoms with van der Waals surface area (Å²) in [5, 5.41) is 4.29. The van der Waals surface area contributed by atoms with E-state index in [-0.39, 0.29) is 5.78 Å². The molecule has 0 saturated heterocycles. The number of Topliss-reactive ketones (excluding diaryl/α,β-unsaturated/α-hetero) is 1. The minimum atomic E-state index is 0.140. The number of carbonyl (C=O) groups is 1. The van der Waals surface area contributed by atoms with Gasteiger partial charge in [-0.3, -0.25) is 9.48 Å². The highest BCUT2D eigenvalue weighted by atomic mass is 16.1. The first-order chi connectivity index (χ1) is 8.20. The second-order valence-electron chi connectivity index (χ2n) is 4.10. The zero-order valence-electron chi connectivity index (χ0n) is 10.2. The summed E-state index contributed by atoms with van der Waals surface area (Å²) in [5.74, 6) is 0.140. The van der Waals surface area contributed by atoms with Crippen molar-refractivity contribution in [1.82, 2.24) is 9.78 Å². The maximum atomic E-state index is 12.2. The third-order valence-corrected chi connectivity index (χ3v) is 2.75. The Bertz CT molecular complexity index is 514. The van der Waals surface area contributed by atoms with Gasteiger partial charge < -0.3 is 0 Å². The molecule has 0 aliphatic carbocycles. The number of hydrogen-bond donors (Lipinski definition) is 0. The molecule has 3 heteroatoms. The maximum absolute atomic E-state index is 12.2. The van der Waals surface area contributed by atoms with Crippen molar-refractivity contribution in [1.29, 1.82) is 0 Å². The number of aryl methyl sites for hydroxylation is 2. The van der Waals surface area contributed by atoms with Crippen molar-refractivity contribution in [2.24, 2.45) is 7.05 Å². The molecule has 1 aromatic carbocycles. The lowest BCUT2D eigenvalue weighted by atomic mass is 10.0. The Labute approximate surface area is 101 Å². The largest absolute Gasteiger partial charge is 0.294 e. The van der Waals surface area contributed by atoms with Crippen LogP contribution in [0.3, 0.4) is 0 Å². The Morgan fingerprint density at radius 3 is 2.65 bits per heavy atom. The molecule has 1 aromatic heterocycles. The van der Waals surface area contributed by atoms with E-state index in [0.29, 0.717) is 6.42 Å². The van der Waals surface area contributed by atoms with Crippen LogP contribution in [0.1, 0.15) is 28.5 Å². The monoisotopic (exact) mass is 228 g/mol.